The van der Waals surface area contributed by atoms with Gasteiger partial charge in [-0.15, -0.1) is 0 Å². The van der Waals surface area contributed by atoms with Crippen LogP contribution in [0.15, 0.2) is 18.5 Å². The molecule has 200 valence electrons. The van der Waals surface area contributed by atoms with Crippen LogP contribution in [0.5, 0.6) is 0 Å². The third-order valence-electron chi connectivity index (χ3n) is 5.31. The SMILES string of the molecule is NC(=O)C1=C(I)C(OCC(=O)NCC(O)CO)=C(I)C(CC(O)CO)(C(N)=O)C1(I)CC(O)CO. The molecule has 1 rings (SSSR count). The number of amides is 3. The maximum atomic E-state index is 13.1. The highest BCUT2D eigenvalue weighted by Crippen LogP contribution is 2.62. The van der Waals surface area contributed by atoms with Crippen LogP contribution in [0.3, 0.4) is 0 Å². The van der Waals surface area contributed by atoms with Gasteiger partial charge in [0.05, 0.1) is 54.3 Å². The van der Waals surface area contributed by atoms with Gasteiger partial charge in [0.2, 0.25) is 11.8 Å². The van der Waals surface area contributed by atoms with Gasteiger partial charge >= 0.3 is 0 Å². The fourth-order valence-electron chi connectivity index (χ4n) is 3.62. The third-order valence-corrected chi connectivity index (χ3v) is 9.65. The molecular weight excluding hydrogens is 811 g/mol. The summed E-state index contributed by atoms with van der Waals surface area (Å²) in [6.07, 6.45) is -4.96. The number of allylic oxidation sites excluding steroid dienone is 1. The molecule has 1 aliphatic rings. The zero-order valence-corrected chi connectivity index (χ0v) is 24.8. The number of carbonyl (C=O) groups is 3. The summed E-state index contributed by atoms with van der Waals surface area (Å²) in [5.74, 6) is -2.83. The fraction of sp³-hybridized carbons (Fsp3) is 0.632. The normalized spacial score (nSPS) is 25.2. The number of hydrogen-bond donors (Lipinski definition) is 9. The molecular formula is C19H28I3N3O10. The minimum Gasteiger partial charge on any atom is -0.482 e. The van der Waals surface area contributed by atoms with E-state index in [1.807, 2.05) is 0 Å². The summed E-state index contributed by atoms with van der Waals surface area (Å²) >= 11 is 5.21. The van der Waals surface area contributed by atoms with Gasteiger partial charge in [-0.3, -0.25) is 14.4 Å². The Kier molecular flexibility index (Phi) is 13.0. The molecule has 0 bridgehead atoms. The third kappa shape index (κ3) is 7.15. The van der Waals surface area contributed by atoms with Crippen molar-refractivity contribution in [2.75, 3.05) is 33.0 Å². The number of carbonyl (C=O) groups excluding carboxylic acids is 3. The van der Waals surface area contributed by atoms with Gasteiger partial charge in [-0.1, -0.05) is 22.6 Å². The van der Waals surface area contributed by atoms with E-state index in [4.69, 9.17) is 21.3 Å². The smallest absolute Gasteiger partial charge is 0.258 e. The predicted molar refractivity (Wildman–Crippen MR) is 147 cm³/mol. The molecule has 1 aliphatic carbocycles. The lowest BCUT2D eigenvalue weighted by atomic mass is 9.63. The van der Waals surface area contributed by atoms with E-state index in [0.717, 1.165) is 0 Å². The highest BCUT2D eigenvalue weighted by Gasteiger charge is 2.64. The molecule has 3 amide bonds. The zero-order chi connectivity index (χ0) is 27.1. The second-order valence-corrected chi connectivity index (χ2v) is 11.8. The number of primary amides is 2. The highest BCUT2D eigenvalue weighted by molar-refractivity contribution is 14.1. The van der Waals surface area contributed by atoms with Crippen molar-refractivity contribution < 1.29 is 49.8 Å². The van der Waals surface area contributed by atoms with Crippen LogP contribution in [-0.4, -0.2) is 103 Å². The van der Waals surface area contributed by atoms with E-state index < -0.39 is 77.7 Å². The Morgan fingerprint density at radius 1 is 0.943 bits per heavy atom. The van der Waals surface area contributed by atoms with Crippen molar-refractivity contribution in [1.29, 1.82) is 0 Å². The molecule has 0 saturated carbocycles. The Bertz CT molecular complexity index is 886. The summed E-state index contributed by atoms with van der Waals surface area (Å²) in [6.45, 7) is -2.92. The molecule has 0 saturated heterocycles. The summed E-state index contributed by atoms with van der Waals surface area (Å²) < 4.78 is 4.14. The molecule has 35 heavy (non-hydrogen) atoms. The van der Waals surface area contributed by atoms with Crippen molar-refractivity contribution in [1.82, 2.24) is 5.32 Å². The van der Waals surface area contributed by atoms with Crippen LogP contribution in [0.1, 0.15) is 12.8 Å². The number of nitrogens with one attached hydrogen (secondary N) is 1. The van der Waals surface area contributed by atoms with E-state index in [9.17, 15) is 39.9 Å². The monoisotopic (exact) mass is 839 g/mol. The van der Waals surface area contributed by atoms with Crippen molar-refractivity contribution in [3.8, 4) is 0 Å². The standard InChI is InChI=1S/C19H28I3N3O10/c20-13-12(16(23)33)19(22,2-9(30)5-27)18(17(24)34,1-8(29)4-26)15(21)14(13)35-7-11(32)25-3-10(31)6-28/h8-10,26-31H,1-7H2,(H2,23,33)(H2,24,34)(H,25,32). The van der Waals surface area contributed by atoms with Crippen LogP contribution in [0.25, 0.3) is 0 Å². The summed E-state index contributed by atoms with van der Waals surface area (Å²) in [5, 5.41) is 60.1. The Balaban J connectivity index is 3.72. The molecule has 0 spiro atoms. The highest BCUT2D eigenvalue weighted by atomic mass is 127. The number of hydrogen-bond acceptors (Lipinski definition) is 10. The molecule has 11 N–H and O–H groups in total. The Labute approximate surface area is 241 Å². The number of nitrogens with two attached hydrogens (primary N) is 2. The molecule has 0 aromatic heterocycles. The van der Waals surface area contributed by atoms with Crippen LogP contribution in [0.2, 0.25) is 0 Å². The number of ether oxygens (including phenoxy) is 1. The second kappa shape index (κ2) is 14.0. The quantitative estimate of drug-likeness (QED) is 0.0655. The second-order valence-electron chi connectivity index (χ2n) is 7.78. The van der Waals surface area contributed by atoms with Crippen LogP contribution in [0.4, 0.5) is 0 Å². The first kappa shape index (κ1) is 32.7. The van der Waals surface area contributed by atoms with Crippen molar-refractivity contribution in [3.05, 3.63) is 18.5 Å². The number of rotatable bonds is 14. The largest absolute Gasteiger partial charge is 0.482 e. The number of halogens is 3. The van der Waals surface area contributed by atoms with Gasteiger partial charge in [0.1, 0.15) is 11.2 Å². The Morgan fingerprint density at radius 3 is 1.91 bits per heavy atom. The average Bonchev–Trinajstić information content (AvgIpc) is 2.79. The molecule has 0 aromatic rings. The minimum atomic E-state index is -1.95. The van der Waals surface area contributed by atoms with Gasteiger partial charge < -0.3 is 52.2 Å². The van der Waals surface area contributed by atoms with E-state index in [0.29, 0.717) is 0 Å². The van der Waals surface area contributed by atoms with E-state index >= 15 is 0 Å². The molecule has 0 aromatic carbocycles. The minimum absolute atomic E-state index is 0.0761. The van der Waals surface area contributed by atoms with Gasteiger partial charge in [-0.05, 0) is 58.0 Å². The molecule has 0 heterocycles. The predicted octanol–water partition coefficient (Wildman–Crippen LogP) is -2.56. The van der Waals surface area contributed by atoms with Crippen LogP contribution in [-0.2, 0) is 19.1 Å². The molecule has 0 fully saturated rings. The van der Waals surface area contributed by atoms with Crippen LogP contribution in [0, 0.1) is 5.41 Å². The number of aliphatic hydroxyl groups excluding tert-OH is 6. The zero-order valence-electron chi connectivity index (χ0n) is 18.3. The van der Waals surface area contributed by atoms with Crippen molar-refractivity contribution in [2.45, 2.75) is 34.6 Å². The molecule has 16 heteroatoms. The summed E-state index contributed by atoms with van der Waals surface area (Å²) in [5.41, 5.74) is 9.35. The van der Waals surface area contributed by atoms with Crippen molar-refractivity contribution in [2.24, 2.45) is 16.9 Å². The molecule has 5 atom stereocenters. The van der Waals surface area contributed by atoms with Gasteiger partial charge in [0, 0.05) is 6.54 Å². The lowest BCUT2D eigenvalue weighted by Gasteiger charge is -2.50. The van der Waals surface area contributed by atoms with Gasteiger partial charge in [0.25, 0.3) is 5.91 Å². The molecule has 13 nitrogen and oxygen atoms in total. The van der Waals surface area contributed by atoms with Crippen molar-refractivity contribution in [3.63, 3.8) is 0 Å². The van der Waals surface area contributed by atoms with Crippen molar-refractivity contribution >= 4 is 85.5 Å². The Hall–Kier alpha value is -0.360. The first-order valence-electron chi connectivity index (χ1n) is 10.1. The summed E-state index contributed by atoms with van der Waals surface area (Å²) in [7, 11) is 0. The first-order chi connectivity index (χ1) is 16.2. The van der Waals surface area contributed by atoms with E-state index in [1.165, 1.54) is 0 Å². The van der Waals surface area contributed by atoms with Gasteiger partial charge in [-0.25, -0.2) is 0 Å². The average molecular weight is 839 g/mol. The van der Waals surface area contributed by atoms with E-state index in [1.54, 1.807) is 67.8 Å². The molecule has 5 unspecified atom stereocenters. The summed E-state index contributed by atoms with van der Waals surface area (Å²) in [6, 6.07) is 0. The summed E-state index contributed by atoms with van der Waals surface area (Å²) in [4.78, 5) is 37.9. The van der Waals surface area contributed by atoms with Gasteiger partial charge in [0.15, 0.2) is 6.61 Å². The first-order valence-corrected chi connectivity index (χ1v) is 13.3. The molecule has 0 radical (unpaired) electrons. The number of alkyl halides is 1. The van der Waals surface area contributed by atoms with Crippen LogP contribution < -0.4 is 16.8 Å². The molecule has 0 aliphatic heterocycles. The van der Waals surface area contributed by atoms with E-state index in [2.05, 4.69) is 5.32 Å². The maximum absolute atomic E-state index is 13.1. The van der Waals surface area contributed by atoms with Gasteiger partial charge in [-0.2, -0.15) is 0 Å². The lowest BCUT2D eigenvalue weighted by Crippen LogP contribution is -2.60. The lowest BCUT2D eigenvalue weighted by molar-refractivity contribution is -0.129. The maximum Gasteiger partial charge on any atom is 0.258 e. The number of aliphatic hydroxyl groups is 6. The van der Waals surface area contributed by atoms with Crippen LogP contribution >= 0.6 is 67.8 Å². The topological polar surface area (TPSA) is 246 Å². The fourth-order valence-corrected chi connectivity index (χ4v) is 9.49. The Morgan fingerprint density at radius 2 is 1.46 bits per heavy atom. The van der Waals surface area contributed by atoms with E-state index in [-0.39, 0.29) is 31.5 Å².